The number of allylic oxidation sites excluding steroid dienone is 2. The van der Waals surface area contributed by atoms with Crippen molar-refractivity contribution in [3.8, 4) is 0 Å². The fourth-order valence-electron chi connectivity index (χ4n) is 4.67. The van der Waals surface area contributed by atoms with Crippen LogP contribution in [0.15, 0.2) is 66.7 Å². The van der Waals surface area contributed by atoms with Crippen molar-refractivity contribution in [3.05, 3.63) is 72.3 Å². The molecule has 5 nitrogen and oxygen atoms in total. The van der Waals surface area contributed by atoms with Crippen molar-refractivity contribution < 1.29 is 14.4 Å². The number of carbonyl (C=O) groups excluding carboxylic acids is 3. The molecule has 1 heterocycles. The van der Waals surface area contributed by atoms with Crippen LogP contribution in [0.4, 0.5) is 11.4 Å². The molecule has 5 heteroatoms. The second kappa shape index (κ2) is 5.91. The number of para-hydroxylation sites is 1. The Labute approximate surface area is 156 Å². The molecule has 3 amide bonds. The van der Waals surface area contributed by atoms with Gasteiger partial charge in [-0.25, -0.2) is 4.90 Å². The highest BCUT2D eigenvalue weighted by molar-refractivity contribution is 6.23. The van der Waals surface area contributed by atoms with Gasteiger partial charge in [-0.2, -0.15) is 0 Å². The highest BCUT2D eigenvalue weighted by Gasteiger charge is 2.59. The average Bonchev–Trinajstić information content (AvgIpc) is 3.36. The molecule has 4 atom stereocenters. The van der Waals surface area contributed by atoms with Crippen LogP contribution in [0.3, 0.4) is 0 Å². The summed E-state index contributed by atoms with van der Waals surface area (Å²) in [7, 11) is 0. The van der Waals surface area contributed by atoms with Crippen molar-refractivity contribution in [2.75, 3.05) is 10.2 Å². The molecule has 0 spiro atoms. The lowest BCUT2D eigenvalue weighted by Crippen LogP contribution is -2.33. The van der Waals surface area contributed by atoms with Crippen LogP contribution in [0.1, 0.15) is 16.8 Å². The number of anilines is 2. The predicted molar refractivity (Wildman–Crippen MR) is 101 cm³/mol. The Morgan fingerprint density at radius 3 is 2.22 bits per heavy atom. The molecule has 2 aromatic rings. The van der Waals surface area contributed by atoms with Crippen LogP contribution >= 0.6 is 0 Å². The Kier molecular flexibility index (Phi) is 3.50. The quantitative estimate of drug-likeness (QED) is 0.677. The number of nitrogens with one attached hydrogen (secondary N) is 1. The summed E-state index contributed by atoms with van der Waals surface area (Å²) in [4.78, 5) is 39.7. The zero-order chi connectivity index (χ0) is 18.5. The number of nitrogens with zero attached hydrogens (tertiary/aromatic N) is 1. The lowest BCUT2D eigenvalue weighted by Gasteiger charge is -2.18. The van der Waals surface area contributed by atoms with Crippen molar-refractivity contribution in [3.63, 3.8) is 0 Å². The van der Waals surface area contributed by atoms with E-state index in [0.717, 1.165) is 6.42 Å². The van der Waals surface area contributed by atoms with Gasteiger partial charge in [-0.3, -0.25) is 14.4 Å². The van der Waals surface area contributed by atoms with Gasteiger partial charge in [-0.05, 0) is 48.6 Å². The average molecular weight is 358 g/mol. The van der Waals surface area contributed by atoms with E-state index in [4.69, 9.17) is 0 Å². The fourth-order valence-corrected chi connectivity index (χ4v) is 4.67. The van der Waals surface area contributed by atoms with Gasteiger partial charge in [0.2, 0.25) is 11.8 Å². The van der Waals surface area contributed by atoms with E-state index in [2.05, 4.69) is 17.5 Å². The van der Waals surface area contributed by atoms with Gasteiger partial charge in [0.15, 0.2) is 0 Å². The summed E-state index contributed by atoms with van der Waals surface area (Å²) < 4.78 is 0. The summed E-state index contributed by atoms with van der Waals surface area (Å²) in [6.45, 7) is 0. The van der Waals surface area contributed by atoms with Crippen molar-refractivity contribution in [1.29, 1.82) is 0 Å². The zero-order valence-electron chi connectivity index (χ0n) is 14.5. The molecule has 2 bridgehead atoms. The minimum atomic E-state index is -0.274. The summed E-state index contributed by atoms with van der Waals surface area (Å²) in [6, 6.07) is 15.9. The van der Waals surface area contributed by atoms with Crippen molar-refractivity contribution in [2.45, 2.75) is 6.42 Å². The maximum absolute atomic E-state index is 12.9. The molecule has 1 aliphatic heterocycles. The van der Waals surface area contributed by atoms with Crippen LogP contribution in [0.2, 0.25) is 0 Å². The number of amides is 3. The van der Waals surface area contributed by atoms with E-state index >= 15 is 0 Å². The molecule has 1 saturated heterocycles. The lowest BCUT2D eigenvalue weighted by molar-refractivity contribution is -0.123. The molecule has 2 fully saturated rings. The van der Waals surface area contributed by atoms with Gasteiger partial charge >= 0.3 is 0 Å². The second-order valence-electron chi connectivity index (χ2n) is 7.38. The number of hydrogen-bond acceptors (Lipinski definition) is 3. The SMILES string of the molecule is O=C(Nc1ccccc1)c1cccc(N2C(=O)[C@@H]3[C@H](C2=O)[C@@H]2C=C[C@H]3C2)c1. The Hall–Kier alpha value is -3.21. The molecule has 2 aliphatic carbocycles. The van der Waals surface area contributed by atoms with E-state index in [-0.39, 0.29) is 41.4 Å². The molecule has 134 valence electrons. The topological polar surface area (TPSA) is 66.5 Å². The monoisotopic (exact) mass is 358 g/mol. The van der Waals surface area contributed by atoms with Crippen molar-refractivity contribution >= 4 is 29.1 Å². The maximum Gasteiger partial charge on any atom is 0.255 e. The fraction of sp³-hybridized carbons (Fsp3) is 0.227. The van der Waals surface area contributed by atoms with Gasteiger partial charge in [-0.15, -0.1) is 0 Å². The van der Waals surface area contributed by atoms with Crippen LogP contribution in [0.5, 0.6) is 0 Å². The molecule has 1 N–H and O–H groups in total. The Balaban J connectivity index is 1.42. The van der Waals surface area contributed by atoms with Crippen LogP contribution in [-0.4, -0.2) is 17.7 Å². The molecular weight excluding hydrogens is 340 g/mol. The Bertz CT molecular complexity index is 952. The molecule has 3 aliphatic rings. The van der Waals surface area contributed by atoms with Gasteiger partial charge in [0.1, 0.15) is 0 Å². The molecular formula is C22H18N2O3. The van der Waals surface area contributed by atoms with Crippen LogP contribution in [0, 0.1) is 23.7 Å². The third-order valence-electron chi connectivity index (χ3n) is 5.87. The highest BCUT2D eigenvalue weighted by atomic mass is 16.2. The number of rotatable bonds is 3. The number of benzene rings is 2. The Morgan fingerprint density at radius 2 is 1.56 bits per heavy atom. The van der Waals surface area contributed by atoms with Crippen LogP contribution in [-0.2, 0) is 9.59 Å². The smallest absolute Gasteiger partial charge is 0.255 e. The number of imide groups is 1. The predicted octanol–water partition coefficient (Wildman–Crippen LogP) is 3.25. The molecule has 27 heavy (non-hydrogen) atoms. The number of carbonyl (C=O) groups is 3. The van der Waals surface area contributed by atoms with E-state index in [1.165, 1.54) is 4.90 Å². The highest BCUT2D eigenvalue weighted by Crippen LogP contribution is 2.53. The molecule has 0 radical (unpaired) electrons. The summed E-state index contributed by atoms with van der Waals surface area (Å²) in [5.41, 5.74) is 1.58. The van der Waals surface area contributed by atoms with Crippen molar-refractivity contribution in [1.82, 2.24) is 0 Å². The number of fused-ring (bicyclic) bond motifs is 5. The molecule has 0 unspecified atom stereocenters. The first-order valence-electron chi connectivity index (χ1n) is 9.16. The third-order valence-corrected chi connectivity index (χ3v) is 5.87. The molecule has 5 rings (SSSR count). The third kappa shape index (κ3) is 2.42. The van der Waals surface area contributed by atoms with E-state index in [9.17, 15) is 14.4 Å². The van der Waals surface area contributed by atoms with Gasteiger partial charge in [-0.1, -0.05) is 36.4 Å². The zero-order valence-corrected chi connectivity index (χ0v) is 14.5. The molecule has 2 aromatic carbocycles. The van der Waals surface area contributed by atoms with E-state index in [1.807, 2.05) is 18.2 Å². The van der Waals surface area contributed by atoms with Crippen molar-refractivity contribution in [2.24, 2.45) is 23.7 Å². The van der Waals surface area contributed by atoms with Gasteiger partial charge < -0.3 is 5.32 Å². The van der Waals surface area contributed by atoms with Crippen LogP contribution < -0.4 is 10.2 Å². The van der Waals surface area contributed by atoms with Crippen LogP contribution in [0.25, 0.3) is 0 Å². The summed E-state index contributed by atoms with van der Waals surface area (Å²) >= 11 is 0. The van der Waals surface area contributed by atoms with Gasteiger partial charge in [0.05, 0.1) is 17.5 Å². The second-order valence-corrected chi connectivity index (χ2v) is 7.38. The largest absolute Gasteiger partial charge is 0.322 e. The molecule has 0 aromatic heterocycles. The molecule has 1 saturated carbocycles. The minimum absolute atomic E-state index is 0.137. The summed E-state index contributed by atoms with van der Waals surface area (Å²) in [5.74, 6) is -0.686. The maximum atomic E-state index is 12.9. The van der Waals surface area contributed by atoms with E-state index in [0.29, 0.717) is 16.9 Å². The van der Waals surface area contributed by atoms with E-state index < -0.39 is 0 Å². The minimum Gasteiger partial charge on any atom is -0.322 e. The first kappa shape index (κ1) is 16.0. The lowest BCUT2D eigenvalue weighted by atomic mass is 9.85. The standard InChI is InChI=1S/C22H18N2O3/c25-20(23-16-6-2-1-3-7-16)15-5-4-8-17(12-15)24-21(26)18-13-9-10-14(11-13)19(18)22(24)27/h1-10,12-14,18-19H,11H2,(H,23,25)/t13-,14+,18-,19+. The first-order valence-corrected chi connectivity index (χ1v) is 9.16. The van der Waals surface area contributed by atoms with Gasteiger partial charge in [0.25, 0.3) is 5.91 Å². The van der Waals surface area contributed by atoms with Gasteiger partial charge in [0, 0.05) is 11.3 Å². The number of hydrogen-bond donors (Lipinski definition) is 1. The normalized spacial score (nSPS) is 27.9. The summed E-state index contributed by atoms with van der Waals surface area (Å²) in [6.07, 6.45) is 5.05. The Morgan fingerprint density at radius 1 is 0.889 bits per heavy atom. The first-order chi connectivity index (χ1) is 13.1. The van der Waals surface area contributed by atoms with E-state index in [1.54, 1.807) is 36.4 Å². The summed E-state index contributed by atoms with van der Waals surface area (Å²) in [5, 5.41) is 2.83.